The number of unbranched alkanes of at least 4 members (excludes halogenated alkanes) is 12. The lowest BCUT2D eigenvalue weighted by Crippen LogP contribution is -2.37. The van der Waals surface area contributed by atoms with Gasteiger partial charge in [-0.3, -0.25) is 4.79 Å². The minimum atomic E-state index is -0.653. The molecule has 0 heterocycles. The number of nitrogens with zero attached hydrogens (tertiary/aromatic N) is 1. The SMILES string of the molecule is CCCCCCCCCN(CCCCCCCCC)C(CC)CCC(=O)O. The highest BCUT2D eigenvalue weighted by Crippen LogP contribution is 2.16. The molecule has 0 saturated carbocycles. The van der Waals surface area contributed by atoms with Gasteiger partial charge >= 0.3 is 5.97 Å². The van der Waals surface area contributed by atoms with Crippen molar-refractivity contribution in [1.29, 1.82) is 0 Å². The topological polar surface area (TPSA) is 40.5 Å². The zero-order chi connectivity index (χ0) is 20.2. The van der Waals surface area contributed by atoms with Crippen LogP contribution in [0.25, 0.3) is 0 Å². The predicted molar refractivity (Wildman–Crippen MR) is 119 cm³/mol. The Morgan fingerprint density at radius 1 is 0.704 bits per heavy atom. The average molecular weight is 384 g/mol. The first kappa shape index (κ1) is 26.4. The second-order valence-electron chi connectivity index (χ2n) is 8.27. The van der Waals surface area contributed by atoms with E-state index in [9.17, 15) is 4.79 Å². The normalized spacial score (nSPS) is 12.6. The van der Waals surface area contributed by atoms with Gasteiger partial charge in [0.1, 0.15) is 0 Å². The Balaban J connectivity index is 4.16. The van der Waals surface area contributed by atoms with Crippen LogP contribution in [0.1, 0.15) is 130 Å². The van der Waals surface area contributed by atoms with E-state index in [0.717, 1.165) is 25.9 Å². The first-order chi connectivity index (χ1) is 13.2. The molecule has 162 valence electrons. The molecule has 0 bridgehead atoms. The number of carboxylic acid groups (broad SMARTS) is 1. The summed E-state index contributed by atoms with van der Waals surface area (Å²) >= 11 is 0. The molecule has 1 unspecified atom stereocenters. The van der Waals surface area contributed by atoms with Gasteiger partial charge in [0.2, 0.25) is 0 Å². The number of hydrogen-bond acceptors (Lipinski definition) is 2. The monoisotopic (exact) mass is 383 g/mol. The molecule has 0 spiro atoms. The molecule has 0 aliphatic carbocycles. The molecule has 1 N–H and O–H groups in total. The molecule has 0 aromatic carbocycles. The van der Waals surface area contributed by atoms with Crippen LogP contribution >= 0.6 is 0 Å². The average Bonchev–Trinajstić information content (AvgIpc) is 2.66. The molecule has 0 saturated heterocycles. The lowest BCUT2D eigenvalue weighted by Gasteiger charge is -2.31. The number of carboxylic acids is 1. The molecule has 3 nitrogen and oxygen atoms in total. The molecule has 3 heteroatoms. The summed E-state index contributed by atoms with van der Waals surface area (Å²) in [6.07, 6.45) is 21.0. The van der Waals surface area contributed by atoms with E-state index in [1.807, 2.05) is 0 Å². The van der Waals surface area contributed by atoms with Gasteiger partial charge in [-0.1, -0.05) is 97.8 Å². The van der Waals surface area contributed by atoms with Crippen molar-refractivity contribution >= 4 is 5.97 Å². The smallest absolute Gasteiger partial charge is 0.303 e. The van der Waals surface area contributed by atoms with E-state index in [-0.39, 0.29) is 0 Å². The fourth-order valence-corrected chi connectivity index (χ4v) is 3.96. The quantitative estimate of drug-likeness (QED) is 0.209. The van der Waals surface area contributed by atoms with Gasteiger partial charge in [-0.2, -0.15) is 0 Å². The van der Waals surface area contributed by atoms with E-state index in [1.54, 1.807) is 0 Å². The van der Waals surface area contributed by atoms with Crippen LogP contribution < -0.4 is 0 Å². The fourth-order valence-electron chi connectivity index (χ4n) is 3.96. The molecule has 0 rings (SSSR count). The van der Waals surface area contributed by atoms with Gasteiger partial charge in [-0.25, -0.2) is 0 Å². The molecule has 0 aliphatic rings. The Hall–Kier alpha value is -0.570. The third-order valence-electron chi connectivity index (χ3n) is 5.78. The van der Waals surface area contributed by atoms with Crippen molar-refractivity contribution in [2.24, 2.45) is 0 Å². The van der Waals surface area contributed by atoms with Crippen LogP contribution in [0.2, 0.25) is 0 Å². The van der Waals surface area contributed by atoms with E-state index in [1.165, 1.54) is 89.9 Å². The highest BCUT2D eigenvalue weighted by molar-refractivity contribution is 5.66. The summed E-state index contributed by atoms with van der Waals surface area (Å²) in [6, 6.07) is 0.446. The highest BCUT2D eigenvalue weighted by atomic mass is 16.4. The van der Waals surface area contributed by atoms with Crippen LogP contribution in [-0.2, 0) is 4.79 Å². The standard InChI is InChI=1S/C24H49NO2/c1-4-7-9-11-13-15-17-21-25(23(6-3)19-20-24(26)27)22-18-16-14-12-10-8-5-2/h23H,4-22H2,1-3H3,(H,26,27). The first-order valence-electron chi connectivity index (χ1n) is 12.1. The highest BCUT2D eigenvalue weighted by Gasteiger charge is 2.17. The molecule has 0 aromatic heterocycles. The van der Waals surface area contributed by atoms with Crippen molar-refractivity contribution < 1.29 is 9.90 Å². The Kier molecular flexibility index (Phi) is 19.7. The van der Waals surface area contributed by atoms with Gasteiger partial charge in [0.05, 0.1) is 0 Å². The van der Waals surface area contributed by atoms with Crippen molar-refractivity contribution in [1.82, 2.24) is 4.90 Å². The molecule has 0 aromatic rings. The molecule has 0 aliphatic heterocycles. The maximum absolute atomic E-state index is 11.0. The molecule has 0 amide bonds. The van der Waals surface area contributed by atoms with E-state index in [2.05, 4.69) is 25.7 Å². The molecule has 0 radical (unpaired) electrons. The molecule has 27 heavy (non-hydrogen) atoms. The van der Waals surface area contributed by atoms with Crippen LogP contribution in [0.5, 0.6) is 0 Å². The third-order valence-corrected chi connectivity index (χ3v) is 5.78. The summed E-state index contributed by atoms with van der Waals surface area (Å²) in [6.45, 7) is 9.06. The first-order valence-corrected chi connectivity index (χ1v) is 12.1. The number of rotatable bonds is 21. The summed E-state index contributed by atoms with van der Waals surface area (Å²) < 4.78 is 0. The Morgan fingerprint density at radius 3 is 1.48 bits per heavy atom. The molecular weight excluding hydrogens is 334 g/mol. The van der Waals surface area contributed by atoms with Crippen molar-refractivity contribution in [2.45, 2.75) is 136 Å². The second-order valence-corrected chi connectivity index (χ2v) is 8.27. The lowest BCUT2D eigenvalue weighted by molar-refractivity contribution is -0.137. The van der Waals surface area contributed by atoms with Crippen LogP contribution in [0.4, 0.5) is 0 Å². The predicted octanol–water partition coefficient (Wildman–Crippen LogP) is 7.43. The van der Waals surface area contributed by atoms with Gasteiger partial charge in [0.25, 0.3) is 0 Å². The van der Waals surface area contributed by atoms with Crippen molar-refractivity contribution in [3.05, 3.63) is 0 Å². The van der Waals surface area contributed by atoms with Gasteiger partial charge in [-0.15, -0.1) is 0 Å². The lowest BCUT2D eigenvalue weighted by atomic mass is 10.0. The van der Waals surface area contributed by atoms with Gasteiger partial charge in [0, 0.05) is 12.5 Å². The maximum atomic E-state index is 11.0. The van der Waals surface area contributed by atoms with Gasteiger partial charge in [0.15, 0.2) is 0 Å². The largest absolute Gasteiger partial charge is 0.481 e. The van der Waals surface area contributed by atoms with E-state index >= 15 is 0 Å². The minimum absolute atomic E-state index is 0.309. The van der Waals surface area contributed by atoms with Crippen molar-refractivity contribution in [2.75, 3.05) is 13.1 Å². The van der Waals surface area contributed by atoms with Crippen LogP contribution in [-0.4, -0.2) is 35.1 Å². The number of aliphatic carboxylic acids is 1. The number of hydrogen-bond donors (Lipinski definition) is 1. The molecular formula is C24H49NO2. The van der Waals surface area contributed by atoms with E-state index < -0.39 is 5.97 Å². The summed E-state index contributed by atoms with van der Waals surface area (Å²) in [5, 5.41) is 9.05. The van der Waals surface area contributed by atoms with Gasteiger partial charge in [-0.05, 0) is 38.8 Å². The Labute approximate surface area is 170 Å². The molecule has 1 atom stereocenters. The van der Waals surface area contributed by atoms with Crippen LogP contribution in [0.15, 0.2) is 0 Å². The zero-order valence-corrected chi connectivity index (χ0v) is 18.8. The maximum Gasteiger partial charge on any atom is 0.303 e. The Morgan fingerprint density at radius 2 is 1.11 bits per heavy atom. The van der Waals surface area contributed by atoms with Crippen LogP contribution in [0.3, 0.4) is 0 Å². The van der Waals surface area contributed by atoms with Gasteiger partial charge < -0.3 is 10.0 Å². The number of carbonyl (C=O) groups is 1. The Bertz CT molecular complexity index is 302. The van der Waals surface area contributed by atoms with Crippen molar-refractivity contribution in [3.63, 3.8) is 0 Å². The zero-order valence-electron chi connectivity index (χ0n) is 18.8. The van der Waals surface area contributed by atoms with E-state index in [0.29, 0.717) is 12.5 Å². The minimum Gasteiger partial charge on any atom is -0.481 e. The van der Waals surface area contributed by atoms with Crippen LogP contribution in [0, 0.1) is 0 Å². The van der Waals surface area contributed by atoms with Crippen molar-refractivity contribution in [3.8, 4) is 0 Å². The summed E-state index contributed by atoms with van der Waals surface area (Å²) in [5.41, 5.74) is 0. The summed E-state index contributed by atoms with van der Waals surface area (Å²) in [4.78, 5) is 13.6. The summed E-state index contributed by atoms with van der Waals surface area (Å²) in [7, 11) is 0. The van der Waals surface area contributed by atoms with E-state index in [4.69, 9.17) is 5.11 Å². The fraction of sp³-hybridized carbons (Fsp3) is 0.958. The third kappa shape index (κ3) is 17.3. The molecule has 0 fully saturated rings. The second kappa shape index (κ2) is 20.2. The summed E-state index contributed by atoms with van der Waals surface area (Å²) in [5.74, 6) is -0.653.